The highest BCUT2D eigenvalue weighted by atomic mass is 32.2. The molecule has 1 aromatic rings. The largest absolute Gasteiger partial charge is 0.497 e. The van der Waals surface area contributed by atoms with E-state index >= 15 is 0 Å². The van der Waals surface area contributed by atoms with Crippen LogP contribution in [-0.2, 0) is 14.8 Å². The van der Waals surface area contributed by atoms with Crippen molar-refractivity contribution in [2.45, 2.75) is 50.8 Å². The van der Waals surface area contributed by atoms with Gasteiger partial charge in [0.1, 0.15) is 5.75 Å². The van der Waals surface area contributed by atoms with Crippen LogP contribution in [0.15, 0.2) is 17.0 Å². The van der Waals surface area contributed by atoms with Crippen molar-refractivity contribution >= 4 is 15.9 Å². The van der Waals surface area contributed by atoms with Crippen molar-refractivity contribution in [2.24, 2.45) is 5.41 Å². The van der Waals surface area contributed by atoms with Gasteiger partial charge in [-0.1, -0.05) is 0 Å². The molecule has 1 amide bonds. The van der Waals surface area contributed by atoms with E-state index in [1.165, 1.54) is 17.1 Å². The lowest BCUT2D eigenvalue weighted by Gasteiger charge is -2.44. The molecule has 2 heterocycles. The Balaban J connectivity index is 1.58. The molecule has 30 heavy (non-hydrogen) atoms. The van der Waals surface area contributed by atoms with Crippen LogP contribution in [0.5, 0.6) is 5.75 Å². The first-order chi connectivity index (χ1) is 14.2. The molecule has 0 aromatic heterocycles. The number of carbonyl (C=O) groups is 1. The van der Waals surface area contributed by atoms with Gasteiger partial charge >= 0.3 is 0 Å². The van der Waals surface area contributed by atoms with Crippen molar-refractivity contribution in [1.82, 2.24) is 14.5 Å². The molecule has 7 nitrogen and oxygen atoms in total. The molecule has 0 atom stereocenters. The van der Waals surface area contributed by atoms with Crippen LogP contribution in [0.25, 0.3) is 0 Å². The van der Waals surface area contributed by atoms with E-state index in [-0.39, 0.29) is 18.9 Å². The number of carbonyl (C=O) groups excluding carboxylic acids is 1. The van der Waals surface area contributed by atoms with Crippen LogP contribution in [-0.4, -0.2) is 70.4 Å². The number of benzene rings is 1. The molecule has 0 aliphatic carbocycles. The summed E-state index contributed by atoms with van der Waals surface area (Å²) >= 11 is 0. The number of amides is 1. The summed E-state index contributed by atoms with van der Waals surface area (Å²) in [6.07, 6.45) is 4.70. The number of ether oxygens (including phenoxy) is 1. The van der Waals surface area contributed by atoms with E-state index in [2.05, 4.69) is 5.32 Å². The highest BCUT2D eigenvalue weighted by Gasteiger charge is 2.36. The molecule has 168 valence electrons. The second-order valence-corrected chi connectivity index (χ2v) is 10.8. The number of piperidine rings is 2. The fourth-order valence-corrected chi connectivity index (χ4v) is 6.39. The Morgan fingerprint density at radius 1 is 1.13 bits per heavy atom. The van der Waals surface area contributed by atoms with Crippen molar-refractivity contribution in [3.05, 3.63) is 23.3 Å². The molecule has 0 unspecified atom stereocenters. The van der Waals surface area contributed by atoms with Gasteiger partial charge in [-0.25, -0.2) is 12.7 Å². The SMILES string of the molecule is COc1cc(C)c(S(=O)(=O)N(C)CCC(=O)N2CCC3(CCNCC3)CC2)c(C)c1. The molecule has 2 saturated heterocycles. The zero-order chi connectivity index (χ0) is 21.9. The summed E-state index contributed by atoms with van der Waals surface area (Å²) in [7, 11) is -0.563. The van der Waals surface area contributed by atoms with Gasteiger partial charge in [-0.2, -0.15) is 0 Å². The van der Waals surface area contributed by atoms with Crippen molar-refractivity contribution in [3.8, 4) is 5.75 Å². The molecule has 0 radical (unpaired) electrons. The van der Waals surface area contributed by atoms with Crippen molar-refractivity contribution in [3.63, 3.8) is 0 Å². The van der Waals surface area contributed by atoms with Crippen LogP contribution < -0.4 is 10.1 Å². The topological polar surface area (TPSA) is 79.0 Å². The smallest absolute Gasteiger partial charge is 0.243 e. The number of nitrogens with zero attached hydrogens (tertiary/aromatic N) is 2. The zero-order valence-electron chi connectivity index (χ0n) is 18.7. The molecule has 2 aliphatic heterocycles. The van der Waals surface area contributed by atoms with Gasteiger partial charge in [0.15, 0.2) is 0 Å². The molecule has 2 fully saturated rings. The summed E-state index contributed by atoms with van der Waals surface area (Å²) in [5.74, 6) is 0.683. The number of methoxy groups -OCH3 is 1. The molecule has 1 aromatic carbocycles. The van der Waals surface area contributed by atoms with E-state index in [0.717, 1.165) is 39.0 Å². The Hall–Kier alpha value is -1.64. The lowest BCUT2D eigenvalue weighted by Crippen LogP contribution is -2.47. The van der Waals surface area contributed by atoms with Gasteiger partial charge < -0.3 is 15.0 Å². The van der Waals surface area contributed by atoms with Gasteiger partial charge in [-0.05, 0) is 81.3 Å². The number of likely N-dealkylation sites (tertiary alicyclic amines) is 1. The first-order valence-corrected chi connectivity index (χ1v) is 12.2. The second kappa shape index (κ2) is 9.24. The highest BCUT2D eigenvalue weighted by molar-refractivity contribution is 7.89. The lowest BCUT2D eigenvalue weighted by molar-refractivity contribution is -0.133. The van der Waals surface area contributed by atoms with Gasteiger partial charge in [0, 0.05) is 33.1 Å². The van der Waals surface area contributed by atoms with E-state index in [9.17, 15) is 13.2 Å². The second-order valence-electron chi connectivity index (χ2n) is 8.80. The fourth-order valence-electron chi connectivity index (χ4n) is 4.81. The number of sulfonamides is 1. The van der Waals surface area contributed by atoms with Gasteiger partial charge in [-0.3, -0.25) is 4.79 Å². The average molecular weight is 438 g/mol. The molecular weight excluding hydrogens is 402 g/mol. The number of nitrogens with one attached hydrogen (secondary N) is 1. The maximum absolute atomic E-state index is 13.1. The molecule has 8 heteroatoms. The van der Waals surface area contributed by atoms with Gasteiger partial charge in [0.05, 0.1) is 12.0 Å². The normalized spacial score (nSPS) is 19.3. The van der Waals surface area contributed by atoms with Crippen LogP contribution in [0.4, 0.5) is 0 Å². The third-order valence-corrected chi connectivity index (χ3v) is 8.98. The summed E-state index contributed by atoms with van der Waals surface area (Å²) in [4.78, 5) is 14.9. The molecule has 3 rings (SSSR count). The van der Waals surface area contributed by atoms with Crippen molar-refractivity contribution in [1.29, 1.82) is 0 Å². The Morgan fingerprint density at radius 3 is 2.23 bits per heavy atom. The Labute approximate surface area is 180 Å². The molecule has 0 saturated carbocycles. The molecule has 1 N–H and O–H groups in total. The van der Waals surface area contributed by atoms with Crippen LogP contribution in [0.1, 0.15) is 43.2 Å². The fraction of sp³-hybridized carbons (Fsp3) is 0.682. The van der Waals surface area contributed by atoms with E-state index in [1.54, 1.807) is 40.1 Å². The average Bonchev–Trinajstić information content (AvgIpc) is 2.72. The van der Waals surface area contributed by atoms with Gasteiger partial charge in [0.2, 0.25) is 15.9 Å². The third-order valence-electron chi connectivity index (χ3n) is 6.82. The van der Waals surface area contributed by atoms with Gasteiger partial charge in [-0.15, -0.1) is 0 Å². The Bertz CT molecular complexity index is 845. The summed E-state index contributed by atoms with van der Waals surface area (Å²) in [5, 5.41) is 3.41. The zero-order valence-corrected chi connectivity index (χ0v) is 19.5. The molecule has 1 spiro atoms. The minimum absolute atomic E-state index is 0.0454. The first-order valence-electron chi connectivity index (χ1n) is 10.8. The lowest BCUT2D eigenvalue weighted by atomic mass is 9.71. The minimum atomic E-state index is -3.67. The maximum atomic E-state index is 13.1. The number of aryl methyl sites for hydroxylation is 2. The number of hydrogen-bond donors (Lipinski definition) is 1. The number of rotatable bonds is 6. The van der Waals surface area contributed by atoms with Gasteiger partial charge in [0.25, 0.3) is 0 Å². The van der Waals surface area contributed by atoms with E-state index in [4.69, 9.17) is 4.74 Å². The molecule has 2 aliphatic rings. The van der Waals surface area contributed by atoms with Crippen molar-refractivity contribution < 1.29 is 17.9 Å². The number of hydrogen-bond acceptors (Lipinski definition) is 5. The Kier molecular flexibility index (Phi) is 7.09. The standard InChI is InChI=1S/C22H35N3O4S/c1-17-15-19(29-4)16-18(2)21(17)30(27,28)24(3)12-5-20(26)25-13-8-22(9-14-25)6-10-23-11-7-22/h15-16,23H,5-14H2,1-4H3. The molecular formula is C22H35N3O4S. The van der Waals surface area contributed by atoms with E-state index in [0.29, 0.717) is 27.2 Å². The Morgan fingerprint density at radius 2 is 1.70 bits per heavy atom. The maximum Gasteiger partial charge on any atom is 0.243 e. The molecule has 0 bridgehead atoms. The first kappa shape index (κ1) is 23.0. The van der Waals surface area contributed by atoms with E-state index < -0.39 is 10.0 Å². The van der Waals surface area contributed by atoms with Crippen LogP contribution in [0.3, 0.4) is 0 Å². The van der Waals surface area contributed by atoms with Crippen LogP contribution >= 0.6 is 0 Å². The monoisotopic (exact) mass is 437 g/mol. The highest BCUT2D eigenvalue weighted by Crippen LogP contribution is 2.39. The van der Waals surface area contributed by atoms with Crippen LogP contribution in [0.2, 0.25) is 0 Å². The quantitative estimate of drug-likeness (QED) is 0.739. The third kappa shape index (κ3) is 4.81. The predicted octanol–water partition coefficient (Wildman–Crippen LogP) is 2.31. The predicted molar refractivity (Wildman–Crippen MR) is 117 cm³/mol. The van der Waals surface area contributed by atoms with Crippen LogP contribution in [0, 0.1) is 19.3 Å². The summed E-state index contributed by atoms with van der Waals surface area (Å²) in [6.45, 7) is 7.43. The minimum Gasteiger partial charge on any atom is -0.497 e. The van der Waals surface area contributed by atoms with Crippen molar-refractivity contribution in [2.75, 3.05) is 46.9 Å². The summed E-state index contributed by atoms with van der Waals surface area (Å²) < 4.78 is 32.8. The summed E-state index contributed by atoms with van der Waals surface area (Å²) in [5.41, 5.74) is 1.69. The summed E-state index contributed by atoms with van der Waals surface area (Å²) in [6, 6.07) is 3.45. The van der Waals surface area contributed by atoms with E-state index in [1.807, 2.05) is 4.90 Å².